The largest absolute Gasteiger partial charge is 0.491 e. The third-order valence-electron chi connectivity index (χ3n) is 2.11. The van der Waals surface area contributed by atoms with Gasteiger partial charge in [0.2, 0.25) is 0 Å². The highest BCUT2D eigenvalue weighted by Crippen LogP contribution is 2.16. The Balaban J connectivity index is 2.60. The zero-order chi connectivity index (χ0) is 12.7. The molecule has 0 saturated carbocycles. The Morgan fingerprint density at radius 1 is 1.41 bits per heavy atom. The second-order valence-electron chi connectivity index (χ2n) is 4.17. The number of ether oxygens (including phenoxy) is 1. The lowest BCUT2D eigenvalue weighted by atomic mass is 10.1. The van der Waals surface area contributed by atoms with Crippen LogP contribution in [0.1, 0.15) is 37.6 Å². The first-order valence-electron chi connectivity index (χ1n) is 6.01. The van der Waals surface area contributed by atoms with Gasteiger partial charge >= 0.3 is 0 Å². The quantitative estimate of drug-likeness (QED) is 0.545. The molecule has 2 nitrogen and oxygen atoms in total. The van der Waals surface area contributed by atoms with Gasteiger partial charge in [0.15, 0.2) is 5.78 Å². The van der Waals surface area contributed by atoms with Gasteiger partial charge in [0.25, 0.3) is 0 Å². The number of ketones is 1. The zero-order valence-corrected chi connectivity index (χ0v) is 11.5. The number of rotatable bonds is 7. The minimum Gasteiger partial charge on any atom is -0.491 e. The molecule has 94 valence electrons. The number of Topliss-reactive ketones (excluding diaryl/α,β-unsaturated/α-hetero) is 1. The van der Waals surface area contributed by atoms with Crippen molar-refractivity contribution in [2.75, 3.05) is 11.5 Å². The van der Waals surface area contributed by atoms with Crippen LogP contribution < -0.4 is 4.74 Å². The highest BCUT2D eigenvalue weighted by molar-refractivity contribution is 7.99. The molecule has 0 N–H and O–H groups in total. The van der Waals surface area contributed by atoms with Gasteiger partial charge in [-0.2, -0.15) is 11.8 Å². The molecular weight excluding hydrogens is 232 g/mol. The molecule has 0 aliphatic heterocycles. The van der Waals surface area contributed by atoms with Crippen LogP contribution >= 0.6 is 11.8 Å². The van der Waals surface area contributed by atoms with Crippen LogP contribution in [0.25, 0.3) is 0 Å². The first kappa shape index (κ1) is 14.1. The van der Waals surface area contributed by atoms with E-state index in [0.717, 1.165) is 23.5 Å². The Bertz CT molecular complexity index is 361. The first-order valence-corrected chi connectivity index (χ1v) is 7.16. The van der Waals surface area contributed by atoms with E-state index in [0.29, 0.717) is 5.75 Å². The van der Waals surface area contributed by atoms with Crippen LogP contribution in [0.15, 0.2) is 24.3 Å². The first-order chi connectivity index (χ1) is 8.13. The van der Waals surface area contributed by atoms with E-state index in [1.165, 1.54) is 0 Å². The molecule has 3 heteroatoms. The molecule has 0 aliphatic rings. The Labute approximate surface area is 108 Å². The van der Waals surface area contributed by atoms with Crippen molar-refractivity contribution < 1.29 is 9.53 Å². The summed E-state index contributed by atoms with van der Waals surface area (Å²) in [6.45, 7) is 6.08. The summed E-state index contributed by atoms with van der Waals surface area (Å²) in [6.07, 6.45) is 1.24. The molecule has 1 rings (SSSR count). The molecule has 0 heterocycles. The van der Waals surface area contributed by atoms with Gasteiger partial charge in [-0.05, 0) is 38.2 Å². The van der Waals surface area contributed by atoms with Crippen LogP contribution in [-0.2, 0) is 0 Å². The smallest absolute Gasteiger partial charge is 0.172 e. The number of hydrogen-bond acceptors (Lipinski definition) is 3. The van der Waals surface area contributed by atoms with Gasteiger partial charge in [-0.3, -0.25) is 4.79 Å². The molecule has 0 aromatic heterocycles. The molecule has 0 bridgehead atoms. The Kier molecular flexibility index (Phi) is 6.12. The van der Waals surface area contributed by atoms with Crippen LogP contribution in [0.2, 0.25) is 0 Å². The third kappa shape index (κ3) is 5.26. The normalized spacial score (nSPS) is 10.6. The summed E-state index contributed by atoms with van der Waals surface area (Å²) in [7, 11) is 0. The van der Waals surface area contributed by atoms with Gasteiger partial charge < -0.3 is 4.74 Å². The van der Waals surface area contributed by atoms with E-state index < -0.39 is 0 Å². The third-order valence-corrected chi connectivity index (χ3v) is 3.27. The molecule has 0 atom stereocenters. The Morgan fingerprint density at radius 2 is 2.18 bits per heavy atom. The molecule has 0 radical (unpaired) electrons. The van der Waals surface area contributed by atoms with Crippen LogP contribution in [0.3, 0.4) is 0 Å². The molecule has 0 amide bonds. The Morgan fingerprint density at radius 3 is 2.82 bits per heavy atom. The fraction of sp³-hybridized carbons (Fsp3) is 0.500. The highest BCUT2D eigenvalue weighted by Gasteiger charge is 2.07. The minimum absolute atomic E-state index is 0.134. The van der Waals surface area contributed by atoms with Crippen molar-refractivity contribution >= 4 is 17.5 Å². The summed E-state index contributed by atoms with van der Waals surface area (Å²) in [4.78, 5) is 11.9. The second kappa shape index (κ2) is 7.38. The fourth-order valence-corrected chi connectivity index (χ4v) is 2.19. The summed E-state index contributed by atoms with van der Waals surface area (Å²) in [6, 6.07) is 7.43. The number of thioether (sulfide) groups is 1. The summed E-state index contributed by atoms with van der Waals surface area (Å²) < 4.78 is 5.57. The van der Waals surface area contributed by atoms with Gasteiger partial charge in [-0.15, -0.1) is 0 Å². The van der Waals surface area contributed by atoms with E-state index in [1.807, 2.05) is 38.1 Å². The van der Waals surface area contributed by atoms with Crippen molar-refractivity contribution in [3.63, 3.8) is 0 Å². The fourth-order valence-electron chi connectivity index (χ4n) is 1.41. The maximum Gasteiger partial charge on any atom is 0.172 e. The zero-order valence-electron chi connectivity index (χ0n) is 10.7. The van der Waals surface area contributed by atoms with Gasteiger partial charge in [-0.1, -0.05) is 19.1 Å². The SMILES string of the molecule is CCCSCC(=O)c1cccc(OC(C)C)c1. The topological polar surface area (TPSA) is 26.3 Å². The van der Waals surface area contributed by atoms with Gasteiger partial charge in [-0.25, -0.2) is 0 Å². The van der Waals surface area contributed by atoms with E-state index in [2.05, 4.69) is 6.92 Å². The number of carbonyl (C=O) groups is 1. The van der Waals surface area contributed by atoms with E-state index in [-0.39, 0.29) is 11.9 Å². The van der Waals surface area contributed by atoms with Crippen molar-refractivity contribution in [2.24, 2.45) is 0 Å². The lowest BCUT2D eigenvalue weighted by Gasteiger charge is -2.10. The van der Waals surface area contributed by atoms with Crippen molar-refractivity contribution in [3.05, 3.63) is 29.8 Å². The minimum atomic E-state index is 0.134. The van der Waals surface area contributed by atoms with Crippen molar-refractivity contribution in [1.82, 2.24) is 0 Å². The maximum atomic E-state index is 11.9. The molecule has 17 heavy (non-hydrogen) atoms. The average Bonchev–Trinajstić information content (AvgIpc) is 2.28. The van der Waals surface area contributed by atoms with E-state index in [4.69, 9.17) is 4.74 Å². The summed E-state index contributed by atoms with van der Waals surface area (Å²) in [5, 5.41) is 0. The molecule has 0 spiro atoms. The Hall–Kier alpha value is -0.960. The van der Waals surface area contributed by atoms with Gasteiger partial charge in [0.1, 0.15) is 5.75 Å². The molecule has 1 aromatic carbocycles. The van der Waals surface area contributed by atoms with E-state index >= 15 is 0 Å². The average molecular weight is 252 g/mol. The standard InChI is InChI=1S/C14H20O2S/c1-4-8-17-10-14(15)12-6-5-7-13(9-12)16-11(2)3/h5-7,9,11H,4,8,10H2,1-3H3. The second-order valence-corrected chi connectivity index (χ2v) is 5.28. The molecule has 1 aromatic rings. The predicted octanol–water partition coefficient (Wildman–Crippen LogP) is 3.80. The lowest BCUT2D eigenvalue weighted by Crippen LogP contribution is -2.07. The lowest BCUT2D eigenvalue weighted by molar-refractivity contribution is 0.102. The summed E-state index contributed by atoms with van der Waals surface area (Å²) in [5.74, 6) is 2.54. The van der Waals surface area contributed by atoms with Gasteiger partial charge in [0, 0.05) is 5.56 Å². The van der Waals surface area contributed by atoms with E-state index in [1.54, 1.807) is 11.8 Å². The van der Waals surface area contributed by atoms with Crippen molar-refractivity contribution in [2.45, 2.75) is 33.3 Å². The molecule has 0 aliphatic carbocycles. The van der Waals surface area contributed by atoms with Crippen LogP contribution in [-0.4, -0.2) is 23.4 Å². The predicted molar refractivity (Wildman–Crippen MR) is 74.2 cm³/mol. The number of benzene rings is 1. The van der Waals surface area contributed by atoms with Crippen LogP contribution in [0.4, 0.5) is 0 Å². The van der Waals surface area contributed by atoms with Crippen molar-refractivity contribution in [1.29, 1.82) is 0 Å². The maximum absolute atomic E-state index is 11.9. The molecule has 0 fully saturated rings. The molecule has 0 unspecified atom stereocenters. The van der Waals surface area contributed by atoms with Gasteiger partial charge in [0.05, 0.1) is 11.9 Å². The molecular formula is C14H20O2S. The molecule has 0 saturated heterocycles. The summed E-state index contributed by atoms with van der Waals surface area (Å²) >= 11 is 1.69. The van der Waals surface area contributed by atoms with E-state index in [9.17, 15) is 4.79 Å². The monoisotopic (exact) mass is 252 g/mol. The van der Waals surface area contributed by atoms with Crippen LogP contribution in [0.5, 0.6) is 5.75 Å². The summed E-state index contributed by atoms with van der Waals surface area (Å²) in [5.41, 5.74) is 0.742. The van der Waals surface area contributed by atoms with Crippen molar-refractivity contribution in [3.8, 4) is 5.75 Å². The number of carbonyl (C=O) groups excluding carboxylic acids is 1. The number of hydrogen-bond donors (Lipinski definition) is 0. The van der Waals surface area contributed by atoms with Crippen LogP contribution in [0, 0.1) is 0 Å². The highest BCUT2D eigenvalue weighted by atomic mass is 32.2.